The molecule has 1 aromatic heterocycles. The summed E-state index contributed by atoms with van der Waals surface area (Å²) in [6.07, 6.45) is 1.22. The highest BCUT2D eigenvalue weighted by atomic mass is 35.5. The molecule has 2 rings (SSSR count). The number of hydrogen-bond acceptors (Lipinski definition) is 3. The van der Waals surface area contributed by atoms with E-state index in [1.165, 1.54) is 18.3 Å². The third-order valence-corrected chi connectivity index (χ3v) is 2.72. The number of amides is 1. The number of carbonyl (C=O) groups excluding carboxylic acids is 1. The molecular formula is C13H9ClFN3O. The van der Waals surface area contributed by atoms with Gasteiger partial charge in [-0.25, -0.2) is 9.37 Å². The Kier molecular flexibility index (Phi) is 3.57. The van der Waals surface area contributed by atoms with Crippen LogP contribution in [-0.4, -0.2) is 15.9 Å². The van der Waals surface area contributed by atoms with Crippen molar-refractivity contribution in [1.82, 2.24) is 9.97 Å². The molecule has 19 heavy (non-hydrogen) atoms. The fraction of sp³-hybridized carbons (Fsp3) is 0. The fourth-order valence-corrected chi connectivity index (χ4v) is 1.73. The van der Waals surface area contributed by atoms with Gasteiger partial charge in [-0.1, -0.05) is 30.3 Å². The highest BCUT2D eigenvalue weighted by Gasteiger charge is 2.13. The molecule has 0 bridgehead atoms. The lowest BCUT2D eigenvalue weighted by atomic mass is 10.1. The van der Waals surface area contributed by atoms with Crippen molar-refractivity contribution >= 4 is 23.1 Å². The number of hydrogen-bond donors (Lipinski definition) is 1. The molecule has 0 saturated heterocycles. The highest BCUT2D eigenvalue weighted by Crippen LogP contribution is 2.25. The van der Waals surface area contributed by atoms with Gasteiger partial charge in [-0.2, -0.15) is 0 Å². The third kappa shape index (κ3) is 2.77. The molecule has 0 radical (unpaired) electrons. The molecule has 0 aliphatic carbocycles. The van der Waals surface area contributed by atoms with Crippen LogP contribution in [0, 0.1) is 5.82 Å². The second kappa shape index (κ2) is 5.16. The number of primary amides is 1. The quantitative estimate of drug-likeness (QED) is 0.937. The van der Waals surface area contributed by atoms with E-state index < -0.39 is 5.91 Å². The lowest BCUT2D eigenvalue weighted by Crippen LogP contribution is -2.14. The zero-order chi connectivity index (χ0) is 14.0. The van der Waals surface area contributed by atoms with Crippen molar-refractivity contribution in [3.8, 4) is 0 Å². The van der Waals surface area contributed by atoms with Gasteiger partial charge in [0.1, 0.15) is 17.2 Å². The van der Waals surface area contributed by atoms with E-state index in [4.69, 9.17) is 17.3 Å². The predicted molar refractivity (Wildman–Crippen MR) is 70.1 cm³/mol. The molecule has 96 valence electrons. The Hall–Kier alpha value is -2.27. The smallest absolute Gasteiger partial charge is 0.268 e. The van der Waals surface area contributed by atoms with E-state index in [1.807, 2.05) is 0 Å². The summed E-state index contributed by atoms with van der Waals surface area (Å²) in [4.78, 5) is 18.8. The van der Waals surface area contributed by atoms with Gasteiger partial charge in [0.05, 0.1) is 6.20 Å². The second-order valence-electron chi connectivity index (χ2n) is 3.74. The number of nitrogens with zero attached hydrogens (tertiary/aromatic N) is 2. The maximum absolute atomic E-state index is 12.8. The lowest BCUT2D eigenvalue weighted by Gasteiger charge is -2.07. The summed E-state index contributed by atoms with van der Waals surface area (Å²) < 4.78 is 12.8. The van der Waals surface area contributed by atoms with Gasteiger partial charge in [0.2, 0.25) is 0 Å². The Labute approximate surface area is 113 Å². The molecule has 0 spiro atoms. The molecule has 1 aromatic carbocycles. The Bertz CT molecular complexity index is 655. The summed E-state index contributed by atoms with van der Waals surface area (Å²) in [6.45, 7) is 3.83. The Morgan fingerprint density at radius 2 is 1.95 bits per heavy atom. The number of benzene rings is 1. The first-order valence-electron chi connectivity index (χ1n) is 5.26. The van der Waals surface area contributed by atoms with Crippen LogP contribution in [0.4, 0.5) is 4.39 Å². The standard InChI is InChI=1S/C13H9ClFN3O/c1-7(8-2-4-9(15)5-3-8)11-12(14)18-10(6-17-11)13(16)19/h2-6H,1H2,(H2,16,19). The molecule has 0 atom stereocenters. The Balaban J connectivity index is 2.39. The monoisotopic (exact) mass is 277 g/mol. The van der Waals surface area contributed by atoms with Crippen LogP contribution >= 0.6 is 11.6 Å². The molecule has 4 nitrogen and oxygen atoms in total. The Morgan fingerprint density at radius 3 is 2.47 bits per heavy atom. The van der Waals surface area contributed by atoms with Gasteiger partial charge in [-0.05, 0) is 17.7 Å². The predicted octanol–water partition coefficient (Wildman–Crippen LogP) is 2.43. The number of nitrogens with two attached hydrogens (primary N) is 1. The molecule has 0 unspecified atom stereocenters. The SMILES string of the molecule is C=C(c1ccc(F)cc1)c1ncc(C(N)=O)nc1Cl. The average Bonchev–Trinajstić information content (AvgIpc) is 2.38. The first-order chi connectivity index (χ1) is 8.99. The van der Waals surface area contributed by atoms with Gasteiger partial charge >= 0.3 is 0 Å². The summed E-state index contributed by atoms with van der Waals surface area (Å²) in [6, 6.07) is 5.72. The van der Waals surface area contributed by atoms with Crippen LogP contribution in [0.2, 0.25) is 5.15 Å². The van der Waals surface area contributed by atoms with Crippen molar-refractivity contribution < 1.29 is 9.18 Å². The van der Waals surface area contributed by atoms with E-state index in [0.717, 1.165) is 0 Å². The van der Waals surface area contributed by atoms with Crippen molar-refractivity contribution in [2.24, 2.45) is 5.73 Å². The van der Waals surface area contributed by atoms with E-state index in [0.29, 0.717) is 16.8 Å². The van der Waals surface area contributed by atoms with Crippen LogP contribution in [0.5, 0.6) is 0 Å². The molecule has 0 aliphatic rings. The van der Waals surface area contributed by atoms with Crippen molar-refractivity contribution in [2.45, 2.75) is 0 Å². The van der Waals surface area contributed by atoms with Crippen molar-refractivity contribution in [3.63, 3.8) is 0 Å². The van der Waals surface area contributed by atoms with E-state index in [-0.39, 0.29) is 16.7 Å². The summed E-state index contributed by atoms with van der Waals surface area (Å²) in [5.74, 6) is -1.06. The van der Waals surface area contributed by atoms with Crippen LogP contribution < -0.4 is 5.73 Å². The molecule has 2 aromatic rings. The minimum Gasteiger partial charge on any atom is -0.364 e. The van der Waals surface area contributed by atoms with Crippen molar-refractivity contribution in [2.75, 3.05) is 0 Å². The summed E-state index contributed by atoms with van der Waals surface area (Å²) in [7, 11) is 0. The Morgan fingerprint density at radius 1 is 1.32 bits per heavy atom. The second-order valence-corrected chi connectivity index (χ2v) is 4.10. The number of carbonyl (C=O) groups is 1. The molecule has 1 heterocycles. The van der Waals surface area contributed by atoms with E-state index in [9.17, 15) is 9.18 Å². The minimum absolute atomic E-state index is 0.0191. The van der Waals surface area contributed by atoms with Crippen molar-refractivity contribution in [1.29, 1.82) is 0 Å². The van der Waals surface area contributed by atoms with Crippen LogP contribution in [0.1, 0.15) is 21.7 Å². The van der Waals surface area contributed by atoms with E-state index in [1.54, 1.807) is 12.1 Å². The maximum Gasteiger partial charge on any atom is 0.268 e. The molecule has 0 fully saturated rings. The molecule has 0 aliphatic heterocycles. The zero-order valence-corrected chi connectivity index (χ0v) is 10.5. The maximum atomic E-state index is 12.8. The highest BCUT2D eigenvalue weighted by molar-refractivity contribution is 6.31. The van der Waals surface area contributed by atoms with E-state index in [2.05, 4.69) is 16.5 Å². The largest absolute Gasteiger partial charge is 0.364 e. The van der Waals surface area contributed by atoms with Gasteiger partial charge in [0.25, 0.3) is 5.91 Å². The number of rotatable bonds is 3. The van der Waals surface area contributed by atoms with E-state index >= 15 is 0 Å². The van der Waals surface area contributed by atoms with Gasteiger partial charge in [-0.15, -0.1) is 0 Å². The van der Waals surface area contributed by atoms with Gasteiger partial charge < -0.3 is 5.73 Å². The molecule has 6 heteroatoms. The lowest BCUT2D eigenvalue weighted by molar-refractivity contribution is 0.0995. The first-order valence-corrected chi connectivity index (χ1v) is 5.64. The summed E-state index contributed by atoms with van der Waals surface area (Å²) in [5.41, 5.74) is 6.50. The third-order valence-electron chi connectivity index (χ3n) is 2.46. The van der Waals surface area contributed by atoms with Crippen LogP contribution in [0.25, 0.3) is 5.57 Å². The van der Waals surface area contributed by atoms with Gasteiger partial charge in [0.15, 0.2) is 5.15 Å². The van der Waals surface area contributed by atoms with Crippen LogP contribution in [-0.2, 0) is 0 Å². The molecule has 2 N–H and O–H groups in total. The first kappa shape index (κ1) is 13.2. The van der Waals surface area contributed by atoms with Crippen LogP contribution in [0.15, 0.2) is 37.0 Å². The summed E-state index contributed by atoms with van der Waals surface area (Å²) >= 11 is 5.93. The van der Waals surface area contributed by atoms with Crippen LogP contribution in [0.3, 0.4) is 0 Å². The molecule has 1 amide bonds. The summed E-state index contributed by atoms with van der Waals surface area (Å²) in [5, 5.41) is 0.0191. The molecule has 0 saturated carbocycles. The minimum atomic E-state index is -0.714. The number of aromatic nitrogens is 2. The topological polar surface area (TPSA) is 68.9 Å². The normalized spacial score (nSPS) is 10.2. The van der Waals surface area contributed by atoms with Gasteiger partial charge in [0, 0.05) is 5.57 Å². The fourth-order valence-electron chi connectivity index (χ4n) is 1.48. The average molecular weight is 278 g/mol. The zero-order valence-electron chi connectivity index (χ0n) is 9.73. The number of halogens is 2. The van der Waals surface area contributed by atoms with Crippen molar-refractivity contribution in [3.05, 3.63) is 65.0 Å². The van der Waals surface area contributed by atoms with Gasteiger partial charge in [-0.3, -0.25) is 9.78 Å². The molecular weight excluding hydrogens is 269 g/mol.